The number of phosphoric ester groups is 3. The molecule has 358 valence electrons. The normalized spacial score (nSPS) is 20.7. The van der Waals surface area contributed by atoms with Crippen LogP contribution in [-0.2, 0) is 50.7 Å². The Labute approximate surface area is 368 Å². The van der Waals surface area contributed by atoms with Gasteiger partial charge in [-0.05, 0) is 18.9 Å². The van der Waals surface area contributed by atoms with E-state index in [-0.39, 0.29) is 41.6 Å². The fourth-order valence-electron chi connectivity index (χ4n) is 6.06. The third kappa shape index (κ3) is 19.4. The highest BCUT2D eigenvalue weighted by molar-refractivity contribution is 8.14. The molecule has 3 rings (SSSR count). The van der Waals surface area contributed by atoms with Crippen molar-refractivity contribution >= 4 is 69.1 Å². The first kappa shape index (κ1) is 54.6. The Morgan fingerprint density at radius 2 is 1.63 bits per heavy atom. The highest BCUT2D eigenvalue weighted by Gasteiger charge is 2.47. The number of nitrogen functional groups attached to an aromatic ring is 1. The average molecular weight is 972 g/mol. The molecule has 0 aliphatic carbocycles. The van der Waals surface area contributed by atoms with Crippen LogP contribution < -0.4 is 35.9 Å². The number of amides is 2. The molecule has 0 bridgehead atoms. The number of rotatable bonds is 30. The van der Waals surface area contributed by atoms with Gasteiger partial charge in [-0.3, -0.25) is 28.1 Å². The Hall–Kier alpha value is -2.70. The molecule has 1 aliphatic rings. The van der Waals surface area contributed by atoms with E-state index in [1.165, 1.54) is 64.9 Å². The third-order valence-electron chi connectivity index (χ3n) is 9.45. The van der Waals surface area contributed by atoms with E-state index in [0.717, 1.165) is 48.2 Å². The number of ether oxygens (including phenoxy) is 1. The second kappa shape index (κ2) is 25.9. The van der Waals surface area contributed by atoms with Crippen LogP contribution in [0.4, 0.5) is 5.82 Å². The number of aromatic nitrogens is 4. The Morgan fingerprint density at radius 3 is 2.30 bits per heavy atom. The van der Waals surface area contributed by atoms with Crippen LogP contribution in [-0.4, -0.2) is 103 Å². The summed E-state index contributed by atoms with van der Waals surface area (Å²) in [5, 5.41) is 26.2. The molecular formula is C35H56N7O17P3S-4. The molecule has 0 spiro atoms. The standard InChI is InChI=1S/C35H60N7O17P3S/c1-4-5-6-7-8-9-10-11-12-13-14-15-26(44)63-19-18-37-25(43)16-17-38-33(47)30(46)35(2,3)21-56-62(53,54)59-61(51,52)55-20-24-29(58-60(48,49)50)28(45)34(57-24)42-23-41-27-31(36)39-22-40-32(27)42/h14-15,22-24,28-30,34,45-46H,4-13,16-21H2,1-3H3,(H,37,43)(H,38,47)(H,51,52)(H,53,54)(H2,36,39,40)(H2,48,49,50)/p-4/b15-14+/t24-,28-,29-,30+,34-/m1/s1. The predicted octanol–water partition coefficient (Wildman–Crippen LogP) is 0.614. The Balaban J connectivity index is 1.37. The van der Waals surface area contributed by atoms with E-state index in [2.05, 4.69) is 50.4 Å². The number of carbonyl (C=O) groups is 3. The second-order valence-electron chi connectivity index (χ2n) is 15.2. The van der Waals surface area contributed by atoms with Gasteiger partial charge in [-0.15, -0.1) is 0 Å². The van der Waals surface area contributed by atoms with Gasteiger partial charge in [0.15, 0.2) is 17.7 Å². The van der Waals surface area contributed by atoms with E-state index in [4.69, 9.17) is 10.5 Å². The van der Waals surface area contributed by atoms with Crippen LogP contribution in [0.1, 0.15) is 97.6 Å². The van der Waals surface area contributed by atoms with Gasteiger partial charge in [0.2, 0.25) is 16.9 Å². The number of nitrogens with one attached hydrogen (secondary N) is 2. The van der Waals surface area contributed by atoms with Gasteiger partial charge in [0.1, 0.15) is 36.3 Å². The zero-order chi connectivity index (χ0) is 46.8. The summed E-state index contributed by atoms with van der Waals surface area (Å²) in [6.07, 6.45) is 7.62. The van der Waals surface area contributed by atoms with Gasteiger partial charge in [-0.2, -0.15) is 0 Å². The highest BCUT2D eigenvalue weighted by Crippen LogP contribution is 2.56. The molecule has 0 radical (unpaired) electrons. The fraction of sp³-hybridized carbons (Fsp3) is 0.714. The van der Waals surface area contributed by atoms with Crippen LogP contribution in [0.2, 0.25) is 0 Å². The molecule has 1 saturated heterocycles. The first-order valence-corrected chi connectivity index (χ1v) is 25.6. The summed E-state index contributed by atoms with van der Waals surface area (Å²) in [5.41, 5.74) is 4.08. The number of unbranched alkanes of at least 4 members (excludes halogenated alkanes) is 9. The number of fused-ring (bicyclic) bond motifs is 1. The van der Waals surface area contributed by atoms with Crippen molar-refractivity contribution in [1.29, 1.82) is 0 Å². The number of phosphoric acid groups is 3. The lowest BCUT2D eigenvalue weighted by molar-refractivity contribution is -0.347. The fourth-order valence-corrected chi connectivity index (χ4v) is 9.39. The first-order chi connectivity index (χ1) is 29.6. The van der Waals surface area contributed by atoms with E-state index in [1.807, 2.05) is 6.08 Å². The summed E-state index contributed by atoms with van der Waals surface area (Å²) in [7, 11) is -17.6. The maximum atomic E-state index is 12.6. The van der Waals surface area contributed by atoms with Gasteiger partial charge in [-0.1, -0.05) is 90.0 Å². The Bertz CT molecular complexity index is 1970. The Kier molecular flexibility index (Phi) is 22.4. The maximum Gasteiger partial charge on any atom is 0.274 e. The third-order valence-corrected chi connectivity index (χ3v) is 13.3. The molecule has 3 heterocycles. The molecule has 0 saturated carbocycles. The van der Waals surface area contributed by atoms with E-state index in [1.54, 1.807) is 0 Å². The van der Waals surface area contributed by atoms with Crippen molar-refractivity contribution in [2.24, 2.45) is 5.41 Å². The number of allylic oxidation sites excluding steroid dienone is 1. The van der Waals surface area contributed by atoms with Crippen molar-refractivity contribution in [2.75, 3.05) is 37.8 Å². The monoisotopic (exact) mass is 971 g/mol. The molecule has 1 fully saturated rings. The predicted molar refractivity (Wildman–Crippen MR) is 219 cm³/mol. The van der Waals surface area contributed by atoms with Crippen LogP contribution in [0.25, 0.3) is 11.2 Å². The van der Waals surface area contributed by atoms with Crippen LogP contribution in [0.3, 0.4) is 0 Å². The SMILES string of the molecule is CCCCCCCCCCC/C=C/C(=O)SCCNC(=O)CCNC(=O)[C@H](O)C(C)(C)COP(=O)([O-])OP(=O)([O-])OC[C@H]1O[C@@H](n2cnc3c(N)ncnc32)[C@H](O)[C@@H]1OP(=O)([O-])[O-]. The highest BCUT2D eigenvalue weighted by atomic mass is 32.2. The molecule has 0 aromatic carbocycles. The molecule has 2 aromatic heterocycles. The van der Waals surface area contributed by atoms with Gasteiger partial charge in [0.25, 0.3) is 15.6 Å². The quantitative estimate of drug-likeness (QED) is 0.0407. The molecule has 2 amide bonds. The maximum absolute atomic E-state index is 12.6. The number of anilines is 1. The van der Waals surface area contributed by atoms with Crippen molar-refractivity contribution in [2.45, 2.75) is 122 Å². The summed E-state index contributed by atoms with van der Waals surface area (Å²) >= 11 is 1.05. The number of thioether (sulfide) groups is 1. The molecule has 1 aliphatic heterocycles. The van der Waals surface area contributed by atoms with Crippen molar-refractivity contribution in [3.63, 3.8) is 0 Å². The number of hydrogen-bond acceptors (Lipinski definition) is 22. The number of imidazole rings is 1. The minimum atomic E-state index is -5.92. The number of hydrogen-bond donors (Lipinski definition) is 5. The van der Waals surface area contributed by atoms with E-state index in [0.29, 0.717) is 5.75 Å². The minimum Gasteiger partial charge on any atom is -0.790 e. The van der Waals surface area contributed by atoms with Crippen LogP contribution in [0.15, 0.2) is 24.8 Å². The summed E-state index contributed by atoms with van der Waals surface area (Å²) in [6.45, 7) is 2.32. The van der Waals surface area contributed by atoms with E-state index < -0.39 is 84.6 Å². The van der Waals surface area contributed by atoms with Gasteiger partial charge in [0.05, 0.1) is 27.4 Å². The van der Waals surface area contributed by atoms with Crippen molar-refractivity contribution in [1.82, 2.24) is 30.2 Å². The number of aliphatic hydroxyl groups is 2. The lowest BCUT2D eigenvalue weighted by Gasteiger charge is -2.36. The molecule has 24 nitrogen and oxygen atoms in total. The zero-order valence-corrected chi connectivity index (χ0v) is 38.6. The van der Waals surface area contributed by atoms with E-state index in [9.17, 15) is 57.9 Å². The van der Waals surface area contributed by atoms with Crippen molar-refractivity contribution in [3.8, 4) is 0 Å². The summed E-state index contributed by atoms with van der Waals surface area (Å²) in [6, 6.07) is 0. The number of nitrogens with two attached hydrogens (primary N) is 1. The molecule has 7 atom stereocenters. The second-order valence-corrected chi connectivity index (χ2v) is 20.3. The van der Waals surface area contributed by atoms with Gasteiger partial charge in [0, 0.05) is 30.7 Å². The zero-order valence-electron chi connectivity index (χ0n) is 35.1. The summed E-state index contributed by atoms with van der Waals surface area (Å²) in [5.74, 6) is -1.21. The van der Waals surface area contributed by atoms with Crippen LogP contribution in [0, 0.1) is 5.41 Å². The molecular weight excluding hydrogens is 915 g/mol. The number of carbonyl (C=O) groups excluding carboxylic acids is 3. The molecule has 6 N–H and O–H groups in total. The largest absolute Gasteiger partial charge is 0.790 e. The van der Waals surface area contributed by atoms with Gasteiger partial charge in [-0.25, -0.2) is 19.3 Å². The number of aliphatic hydroxyl groups excluding tert-OH is 2. The summed E-state index contributed by atoms with van der Waals surface area (Å²) in [4.78, 5) is 96.5. The molecule has 63 heavy (non-hydrogen) atoms. The average Bonchev–Trinajstić information content (AvgIpc) is 3.76. The Morgan fingerprint density at radius 1 is 0.984 bits per heavy atom. The minimum absolute atomic E-state index is 0.0199. The van der Waals surface area contributed by atoms with Crippen molar-refractivity contribution < 1.29 is 80.5 Å². The lowest BCUT2D eigenvalue weighted by atomic mass is 9.87. The summed E-state index contributed by atoms with van der Waals surface area (Å²) < 4.78 is 60.7. The van der Waals surface area contributed by atoms with Crippen LogP contribution in [0.5, 0.6) is 0 Å². The molecule has 2 unspecified atom stereocenters. The van der Waals surface area contributed by atoms with Crippen molar-refractivity contribution in [3.05, 3.63) is 24.8 Å². The molecule has 28 heteroatoms. The van der Waals surface area contributed by atoms with Gasteiger partial charge < -0.3 is 69.0 Å². The number of nitrogens with zero attached hydrogens (tertiary/aromatic N) is 4. The lowest BCUT2D eigenvalue weighted by Crippen LogP contribution is -2.46. The van der Waals surface area contributed by atoms with Gasteiger partial charge >= 0.3 is 0 Å². The van der Waals surface area contributed by atoms with Crippen LogP contribution >= 0.6 is 35.2 Å². The van der Waals surface area contributed by atoms with E-state index >= 15 is 0 Å². The molecule has 2 aromatic rings. The first-order valence-electron chi connectivity index (χ1n) is 20.2. The topological polar surface area (TPSA) is 375 Å². The smallest absolute Gasteiger partial charge is 0.274 e.